The predicted octanol–water partition coefficient (Wildman–Crippen LogP) is 2.06. The smallest absolute Gasteiger partial charge is 0.221 e. The molecular formula is C19H35IN6O2. The maximum absolute atomic E-state index is 11.4. The second-order valence-corrected chi connectivity index (χ2v) is 7.39. The summed E-state index contributed by atoms with van der Waals surface area (Å²) in [7, 11) is 0. The van der Waals surface area contributed by atoms with Crippen LogP contribution in [0.25, 0.3) is 0 Å². The normalized spacial score (nSPS) is 18.0. The maximum atomic E-state index is 11.4. The molecule has 8 nitrogen and oxygen atoms in total. The molecule has 2 rings (SSSR count). The summed E-state index contributed by atoms with van der Waals surface area (Å²) in [5.41, 5.74) is 6.40. The van der Waals surface area contributed by atoms with Crippen molar-refractivity contribution >= 4 is 35.8 Å². The minimum Gasteiger partial charge on any atom is -0.369 e. The Morgan fingerprint density at radius 2 is 2.25 bits per heavy atom. The Bertz CT molecular complexity index is 619. The van der Waals surface area contributed by atoms with Crippen molar-refractivity contribution in [3.63, 3.8) is 0 Å². The first-order chi connectivity index (χ1) is 13.0. The third kappa shape index (κ3) is 8.34. The van der Waals surface area contributed by atoms with E-state index >= 15 is 0 Å². The van der Waals surface area contributed by atoms with Gasteiger partial charge in [-0.1, -0.05) is 19.0 Å². The van der Waals surface area contributed by atoms with Crippen LogP contribution in [0.1, 0.15) is 57.4 Å². The van der Waals surface area contributed by atoms with Crippen LogP contribution in [0.2, 0.25) is 0 Å². The minimum absolute atomic E-state index is 0. The number of aromatic nitrogens is 1. The number of carbonyl (C=O) groups excluding carboxylic acids is 1. The highest BCUT2D eigenvalue weighted by Crippen LogP contribution is 2.16. The van der Waals surface area contributed by atoms with E-state index < -0.39 is 0 Å². The Morgan fingerprint density at radius 1 is 1.46 bits per heavy atom. The van der Waals surface area contributed by atoms with Crippen molar-refractivity contribution in [2.24, 2.45) is 16.6 Å². The molecule has 1 aliphatic rings. The van der Waals surface area contributed by atoms with Gasteiger partial charge in [0.15, 0.2) is 11.7 Å². The molecule has 4 N–H and O–H groups in total. The molecule has 0 radical (unpaired) electrons. The zero-order valence-electron chi connectivity index (χ0n) is 17.2. The number of hydrogen-bond acceptors (Lipinski definition) is 5. The Balaban J connectivity index is 0.00000392. The molecule has 1 aliphatic heterocycles. The van der Waals surface area contributed by atoms with Gasteiger partial charge in [-0.3, -0.25) is 4.79 Å². The molecular weight excluding hydrogens is 471 g/mol. The van der Waals surface area contributed by atoms with Gasteiger partial charge in [0.05, 0.1) is 11.6 Å². The number of rotatable bonds is 9. The van der Waals surface area contributed by atoms with Crippen molar-refractivity contribution in [1.82, 2.24) is 20.7 Å². The molecule has 0 spiro atoms. The van der Waals surface area contributed by atoms with Crippen LogP contribution >= 0.6 is 24.0 Å². The van der Waals surface area contributed by atoms with Gasteiger partial charge in [-0.25, -0.2) is 4.99 Å². The largest absolute Gasteiger partial charge is 0.369 e. The average molecular weight is 506 g/mol. The lowest BCUT2D eigenvalue weighted by Crippen LogP contribution is -2.43. The van der Waals surface area contributed by atoms with Crippen LogP contribution < -0.4 is 16.4 Å². The van der Waals surface area contributed by atoms with E-state index in [1.165, 1.54) is 0 Å². The zero-order chi connectivity index (χ0) is 19.6. The van der Waals surface area contributed by atoms with E-state index in [0.29, 0.717) is 12.5 Å². The second-order valence-electron chi connectivity index (χ2n) is 7.39. The van der Waals surface area contributed by atoms with E-state index in [1.54, 1.807) is 0 Å². The molecule has 160 valence electrons. The van der Waals surface area contributed by atoms with E-state index in [2.05, 4.69) is 39.5 Å². The molecule has 2 heterocycles. The molecule has 0 aliphatic carbocycles. The number of hydrogen-bond donors (Lipinski definition) is 3. The summed E-state index contributed by atoms with van der Waals surface area (Å²) in [6, 6.07) is 1.96. The van der Waals surface area contributed by atoms with E-state index in [1.807, 2.05) is 13.0 Å². The third-order valence-electron chi connectivity index (χ3n) is 4.76. The van der Waals surface area contributed by atoms with Crippen LogP contribution in [-0.2, 0) is 11.3 Å². The number of primary amides is 1. The number of piperidine rings is 1. The molecule has 1 fully saturated rings. The van der Waals surface area contributed by atoms with Crippen molar-refractivity contribution in [1.29, 1.82) is 0 Å². The summed E-state index contributed by atoms with van der Waals surface area (Å²) in [5.74, 6) is 1.72. The number of aliphatic imine (C=N–C) groups is 1. The number of halogens is 1. The van der Waals surface area contributed by atoms with Gasteiger partial charge in [-0.05, 0) is 45.2 Å². The number of likely N-dealkylation sites (tertiary alicyclic amines) is 1. The molecule has 0 bridgehead atoms. The van der Waals surface area contributed by atoms with Gasteiger partial charge in [0.25, 0.3) is 0 Å². The zero-order valence-corrected chi connectivity index (χ0v) is 19.6. The Hall–Kier alpha value is -1.36. The topological polar surface area (TPSA) is 109 Å². The summed E-state index contributed by atoms with van der Waals surface area (Å²) in [4.78, 5) is 18.3. The summed E-state index contributed by atoms with van der Waals surface area (Å²) < 4.78 is 5.33. The van der Waals surface area contributed by atoms with Gasteiger partial charge in [0, 0.05) is 25.7 Å². The van der Waals surface area contributed by atoms with Crippen LogP contribution in [0.4, 0.5) is 0 Å². The van der Waals surface area contributed by atoms with Crippen molar-refractivity contribution in [2.45, 2.75) is 52.5 Å². The minimum atomic E-state index is -0.174. The number of guanidine groups is 1. The van der Waals surface area contributed by atoms with E-state index in [0.717, 1.165) is 69.4 Å². The maximum Gasteiger partial charge on any atom is 0.221 e. The average Bonchev–Trinajstić information content (AvgIpc) is 3.12. The molecule has 0 aromatic carbocycles. The highest BCUT2D eigenvalue weighted by atomic mass is 127. The molecule has 1 saturated heterocycles. The summed E-state index contributed by atoms with van der Waals surface area (Å²) in [6.07, 6.45) is 2.94. The fourth-order valence-corrected chi connectivity index (χ4v) is 3.17. The van der Waals surface area contributed by atoms with Crippen molar-refractivity contribution < 1.29 is 9.32 Å². The van der Waals surface area contributed by atoms with Crippen molar-refractivity contribution in [3.05, 3.63) is 17.5 Å². The highest BCUT2D eigenvalue weighted by Gasteiger charge is 2.23. The number of amides is 1. The van der Waals surface area contributed by atoms with E-state index in [-0.39, 0.29) is 35.8 Å². The molecule has 1 unspecified atom stereocenters. The molecule has 0 saturated carbocycles. The van der Waals surface area contributed by atoms with Crippen LogP contribution in [0.3, 0.4) is 0 Å². The Kier molecular flexibility index (Phi) is 11.4. The lowest BCUT2D eigenvalue weighted by Gasteiger charge is -2.31. The molecule has 1 amide bonds. The van der Waals surface area contributed by atoms with Gasteiger partial charge < -0.3 is 25.8 Å². The first-order valence-electron chi connectivity index (χ1n) is 9.99. The predicted molar refractivity (Wildman–Crippen MR) is 122 cm³/mol. The number of nitrogens with two attached hydrogens (primary N) is 1. The molecule has 1 aromatic rings. The van der Waals surface area contributed by atoms with E-state index in [9.17, 15) is 4.79 Å². The Labute approximate surface area is 185 Å². The standard InChI is InChI=1S/C19H34N6O2.HI/c1-4-21-19(23-12-16-11-17(14(2)3)24-27-16)22-8-6-10-25-9-5-7-15(13-25)18(20)26;/h11,14-15H,4-10,12-13H2,1-3H3,(H2,20,26)(H2,21,22,23);1H. The van der Waals surface area contributed by atoms with Gasteiger partial charge in [0.1, 0.15) is 6.54 Å². The van der Waals surface area contributed by atoms with Crippen LogP contribution in [0, 0.1) is 5.92 Å². The first-order valence-corrected chi connectivity index (χ1v) is 9.99. The highest BCUT2D eigenvalue weighted by molar-refractivity contribution is 14.0. The first kappa shape index (κ1) is 24.7. The van der Waals surface area contributed by atoms with Gasteiger partial charge in [-0.15, -0.1) is 24.0 Å². The quantitative estimate of drug-likeness (QED) is 0.205. The number of nitrogens with one attached hydrogen (secondary N) is 2. The monoisotopic (exact) mass is 506 g/mol. The summed E-state index contributed by atoms with van der Waals surface area (Å²) in [6.45, 7) is 11.1. The second kappa shape index (κ2) is 13.0. The fraction of sp³-hybridized carbons (Fsp3) is 0.737. The molecule has 28 heavy (non-hydrogen) atoms. The molecule has 9 heteroatoms. The van der Waals surface area contributed by atoms with E-state index in [4.69, 9.17) is 10.3 Å². The number of nitrogens with zero attached hydrogens (tertiary/aromatic N) is 3. The van der Waals surface area contributed by atoms with Crippen LogP contribution in [0.5, 0.6) is 0 Å². The number of carbonyl (C=O) groups is 1. The molecule has 1 aromatic heterocycles. The van der Waals surface area contributed by atoms with Crippen LogP contribution in [-0.4, -0.2) is 54.6 Å². The lowest BCUT2D eigenvalue weighted by atomic mass is 9.97. The lowest BCUT2D eigenvalue weighted by molar-refractivity contribution is -0.123. The van der Waals surface area contributed by atoms with Crippen molar-refractivity contribution in [3.8, 4) is 0 Å². The van der Waals surface area contributed by atoms with Gasteiger partial charge in [-0.2, -0.15) is 0 Å². The Morgan fingerprint density at radius 3 is 2.89 bits per heavy atom. The summed E-state index contributed by atoms with van der Waals surface area (Å²) >= 11 is 0. The van der Waals surface area contributed by atoms with Gasteiger partial charge >= 0.3 is 0 Å². The third-order valence-corrected chi connectivity index (χ3v) is 4.76. The molecule has 1 atom stereocenters. The van der Waals surface area contributed by atoms with Gasteiger partial charge in [0.2, 0.25) is 5.91 Å². The summed E-state index contributed by atoms with van der Waals surface area (Å²) in [5, 5.41) is 10.7. The van der Waals surface area contributed by atoms with Crippen LogP contribution in [0.15, 0.2) is 15.6 Å². The fourth-order valence-electron chi connectivity index (χ4n) is 3.17. The SMILES string of the molecule is CCNC(=NCc1cc(C(C)C)no1)NCCCN1CCCC(C(N)=O)C1.I. The van der Waals surface area contributed by atoms with Crippen molar-refractivity contribution in [2.75, 3.05) is 32.7 Å².